The van der Waals surface area contributed by atoms with Gasteiger partial charge in [-0.15, -0.1) is 0 Å². The van der Waals surface area contributed by atoms with Crippen molar-refractivity contribution < 1.29 is 14.1 Å². The number of amides is 2. The first-order chi connectivity index (χ1) is 11.0. The van der Waals surface area contributed by atoms with E-state index in [0.717, 1.165) is 6.08 Å². The van der Waals surface area contributed by atoms with Crippen molar-refractivity contribution in [3.63, 3.8) is 0 Å². The van der Waals surface area contributed by atoms with E-state index in [2.05, 4.69) is 17.1 Å². The molecule has 0 aliphatic rings. The lowest BCUT2D eigenvalue weighted by Gasteiger charge is -2.24. The standard InChI is InChI=1S/C17H19N3O3/c1-4-15(21)18-16(13-8-6-5-7-9-13)17(22)20(3)11-14-10-12(2)23-19-14/h4-10,16H,1,11H2,2-3H3,(H,18,21). The van der Waals surface area contributed by atoms with E-state index in [4.69, 9.17) is 4.52 Å². The molecule has 6 heteroatoms. The normalized spacial score (nSPS) is 11.6. The summed E-state index contributed by atoms with van der Waals surface area (Å²) in [5, 5.41) is 6.54. The quantitative estimate of drug-likeness (QED) is 0.828. The molecule has 0 saturated heterocycles. The summed E-state index contributed by atoms with van der Waals surface area (Å²) in [5.74, 6) is 0.0327. The molecule has 2 aromatic rings. The predicted octanol–water partition coefficient (Wildman–Crippen LogP) is 1.98. The zero-order valence-corrected chi connectivity index (χ0v) is 13.2. The molecule has 0 aliphatic carbocycles. The number of carbonyl (C=O) groups excluding carboxylic acids is 2. The number of nitrogens with one attached hydrogen (secondary N) is 1. The van der Waals surface area contributed by atoms with Crippen LogP contribution in [0.1, 0.15) is 23.1 Å². The van der Waals surface area contributed by atoms with Gasteiger partial charge in [0.25, 0.3) is 0 Å². The molecule has 0 aliphatic heterocycles. The summed E-state index contributed by atoms with van der Waals surface area (Å²) < 4.78 is 5.00. The van der Waals surface area contributed by atoms with Crippen LogP contribution in [0.15, 0.2) is 53.6 Å². The lowest BCUT2D eigenvalue weighted by molar-refractivity contribution is -0.135. The Morgan fingerprint density at radius 2 is 2.09 bits per heavy atom. The number of benzene rings is 1. The molecular formula is C17H19N3O3. The first-order valence-electron chi connectivity index (χ1n) is 7.16. The van der Waals surface area contributed by atoms with Crippen molar-refractivity contribution in [3.8, 4) is 0 Å². The number of nitrogens with zero attached hydrogens (tertiary/aromatic N) is 2. The fourth-order valence-corrected chi connectivity index (χ4v) is 2.17. The van der Waals surface area contributed by atoms with Crippen molar-refractivity contribution in [1.29, 1.82) is 0 Å². The number of rotatable bonds is 6. The van der Waals surface area contributed by atoms with Crippen LogP contribution in [0, 0.1) is 6.92 Å². The van der Waals surface area contributed by atoms with Gasteiger partial charge in [-0.1, -0.05) is 42.1 Å². The molecule has 0 bridgehead atoms. The summed E-state index contributed by atoms with van der Waals surface area (Å²) >= 11 is 0. The summed E-state index contributed by atoms with van der Waals surface area (Å²) in [6.07, 6.45) is 1.14. The molecule has 1 heterocycles. The Hall–Kier alpha value is -2.89. The van der Waals surface area contributed by atoms with E-state index in [9.17, 15) is 9.59 Å². The number of aryl methyl sites for hydroxylation is 1. The van der Waals surface area contributed by atoms with Gasteiger partial charge in [-0.2, -0.15) is 0 Å². The molecule has 0 saturated carbocycles. The van der Waals surface area contributed by atoms with Crippen LogP contribution in [0.25, 0.3) is 0 Å². The first-order valence-corrected chi connectivity index (χ1v) is 7.16. The topological polar surface area (TPSA) is 75.4 Å². The van der Waals surface area contributed by atoms with Gasteiger partial charge in [-0.25, -0.2) is 0 Å². The van der Waals surface area contributed by atoms with E-state index in [0.29, 0.717) is 23.6 Å². The highest BCUT2D eigenvalue weighted by Crippen LogP contribution is 2.17. The third kappa shape index (κ3) is 4.29. The van der Waals surface area contributed by atoms with Crippen molar-refractivity contribution >= 4 is 11.8 Å². The second kappa shape index (κ2) is 7.40. The third-order valence-corrected chi connectivity index (χ3v) is 3.30. The van der Waals surface area contributed by atoms with Gasteiger partial charge < -0.3 is 14.7 Å². The van der Waals surface area contributed by atoms with Gasteiger partial charge in [0, 0.05) is 13.1 Å². The fraction of sp³-hybridized carbons (Fsp3) is 0.235. The van der Waals surface area contributed by atoms with E-state index >= 15 is 0 Å². The summed E-state index contributed by atoms with van der Waals surface area (Å²) in [6.45, 7) is 5.50. The SMILES string of the molecule is C=CC(=O)NC(C(=O)N(C)Cc1cc(C)on1)c1ccccc1. The minimum atomic E-state index is -0.778. The van der Waals surface area contributed by atoms with Gasteiger partial charge in [0.1, 0.15) is 17.5 Å². The Morgan fingerprint density at radius 3 is 2.65 bits per heavy atom. The molecule has 1 N–H and O–H groups in total. The lowest BCUT2D eigenvalue weighted by atomic mass is 10.1. The molecule has 0 radical (unpaired) electrons. The highest BCUT2D eigenvalue weighted by molar-refractivity contribution is 5.93. The number of carbonyl (C=O) groups is 2. The Labute approximate surface area is 134 Å². The molecule has 1 atom stereocenters. The van der Waals surface area contributed by atoms with Crippen LogP contribution >= 0.6 is 0 Å². The van der Waals surface area contributed by atoms with Gasteiger partial charge in [-0.05, 0) is 18.6 Å². The Bertz CT molecular complexity index is 694. The molecule has 2 rings (SSSR count). The molecule has 120 valence electrons. The maximum Gasteiger partial charge on any atom is 0.249 e. The molecule has 1 unspecified atom stereocenters. The van der Waals surface area contributed by atoms with Crippen LogP contribution in [0.2, 0.25) is 0 Å². The molecule has 6 nitrogen and oxygen atoms in total. The smallest absolute Gasteiger partial charge is 0.249 e. The number of aromatic nitrogens is 1. The molecule has 0 fully saturated rings. The Balaban J connectivity index is 2.18. The van der Waals surface area contributed by atoms with E-state index in [-0.39, 0.29) is 5.91 Å². The van der Waals surface area contributed by atoms with Crippen LogP contribution in [0.5, 0.6) is 0 Å². The van der Waals surface area contributed by atoms with Crippen molar-refractivity contribution in [2.45, 2.75) is 19.5 Å². The summed E-state index contributed by atoms with van der Waals surface area (Å²) in [7, 11) is 1.66. The van der Waals surface area contributed by atoms with Crippen molar-refractivity contribution in [1.82, 2.24) is 15.4 Å². The minimum absolute atomic E-state index is 0.243. The lowest BCUT2D eigenvalue weighted by Crippen LogP contribution is -2.40. The Kier molecular flexibility index (Phi) is 5.30. The monoisotopic (exact) mass is 313 g/mol. The third-order valence-electron chi connectivity index (χ3n) is 3.30. The molecule has 1 aromatic heterocycles. The predicted molar refractivity (Wildman–Crippen MR) is 85.2 cm³/mol. The minimum Gasteiger partial charge on any atom is -0.361 e. The summed E-state index contributed by atoms with van der Waals surface area (Å²) in [6, 6.07) is 10.1. The van der Waals surface area contributed by atoms with Gasteiger partial charge in [0.2, 0.25) is 11.8 Å². The average Bonchev–Trinajstić information content (AvgIpc) is 2.97. The molecule has 1 aromatic carbocycles. The molecule has 0 spiro atoms. The number of hydrogen-bond acceptors (Lipinski definition) is 4. The zero-order valence-electron chi connectivity index (χ0n) is 13.2. The molecule has 23 heavy (non-hydrogen) atoms. The maximum absolute atomic E-state index is 12.7. The van der Waals surface area contributed by atoms with Gasteiger partial charge >= 0.3 is 0 Å². The van der Waals surface area contributed by atoms with Crippen LogP contribution < -0.4 is 5.32 Å². The van der Waals surface area contributed by atoms with Crippen LogP contribution in [0.4, 0.5) is 0 Å². The van der Waals surface area contributed by atoms with Gasteiger partial charge in [0.15, 0.2) is 0 Å². The van der Waals surface area contributed by atoms with Crippen LogP contribution in [-0.4, -0.2) is 28.9 Å². The maximum atomic E-state index is 12.7. The highest BCUT2D eigenvalue weighted by Gasteiger charge is 2.25. The van der Waals surface area contributed by atoms with Gasteiger partial charge in [-0.3, -0.25) is 9.59 Å². The highest BCUT2D eigenvalue weighted by atomic mass is 16.5. The van der Waals surface area contributed by atoms with E-state index in [1.165, 1.54) is 4.90 Å². The van der Waals surface area contributed by atoms with E-state index < -0.39 is 11.9 Å². The van der Waals surface area contributed by atoms with E-state index in [1.54, 1.807) is 32.2 Å². The van der Waals surface area contributed by atoms with Gasteiger partial charge in [0.05, 0.1) is 6.54 Å². The van der Waals surface area contributed by atoms with E-state index in [1.807, 2.05) is 18.2 Å². The average molecular weight is 313 g/mol. The number of likely N-dealkylation sites (N-methyl/N-ethyl adjacent to an activating group) is 1. The van der Waals surface area contributed by atoms with Crippen molar-refractivity contribution in [3.05, 3.63) is 66.1 Å². The zero-order chi connectivity index (χ0) is 16.8. The first kappa shape index (κ1) is 16.5. The van der Waals surface area contributed by atoms with Crippen LogP contribution in [-0.2, 0) is 16.1 Å². The molecule has 2 amide bonds. The number of hydrogen-bond donors (Lipinski definition) is 1. The summed E-state index contributed by atoms with van der Waals surface area (Å²) in [5.41, 5.74) is 1.36. The fourth-order valence-electron chi connectivity index (χ4n) is 2.17. The summed E-state index contributed by atoms with van der Waals surface area (Å²) in [4.78, 5) is 25.9. The Morgan fingerprint density at radius 1 is 1.39 bits per heavy atom. The second-order valence-electron chi connectivity index (χ2n) is 5.18. The van der Waals surface area contributed by atoms with Crippen molar-refractivity contribution in [2.75, 3.05) is 7.05 Å². The second-order valence-corrected chi connectivity index (χ2v) is 5.18. The van der Waals surface area contributed by atoms with Crippen LogP contribution in [0.3, 0.4) is 0 Å². The van der Waals surface area contributed by atoms with Crippen molar-refractivity contribution in [2.24, 2.45) is 0 Å². The largest absolute Gasteiger partial charge is 0.361 e. The molecular weight excluding hydrogens is 294 g/mol.